The van der Waals surface area contributed by atoms with Gasteiger partial charge in [-0.05, 0) is 59.6 Å². The number of ketones is 1. The molecule has 4 N–H and O–H groups in total. The molecule has 0 saturated heterocycles. The van der Waals surface area contributed by atoms with Crippen molar-refractivity contribution < 1.29 is 14.3 Å². The Hall–Kier alpha value is -3.75. The van der Waals surface area contributed by atoms with E-state index in [-0.39, 0.29) is 17.4 Å². The van der Waals surface area contributed by atoms with Crippen LogP contribution in [-0.2, 0) is 9.53 Å². The fourth-order valence-electron chi connectivity index (χ4n) is 3.09. The molecule has 9 nitrogen and oxygen atoms in total. The van der Waals surface area contributed by atoms with Crippen LogP contribution in [0.1, 0.15) is 87.8 Å². The highest BCUT2D eigenvalue weighted by Gasteiger charge is 2.18. The quantitative estimate of drug-likeness (QED) is 0.141. The Morgan fingerprint density at radius 3 is 2.26 bits per heavy atom. The van der Waals surface area contributed by atoms with Gasteiger partial charge < -0.3 is 15.8 Å². The van der Waals surface area contributed by atoms with Crippen LogP contribution in [0.25, 0.3) is 5.57 Å². The van der Waals surface area contributed by atoms with Gasteiger partial charge in [-0.3, -0.25) is 10.1 Å². The number of carbonyl (C=O) groups excluding carboxylic acids is 2. The normalized spacial score (nSPS) is 13.7. The molecule has 0 aliphatic rings. The van der Waals surface area contributed by atoms with E-state index in [9.17, 15) is 9.59 Å². The molecule has 9 heteroatoms. The first-order valence-corrected chi connectivity index (χ1v) is 13.0. The second-order valence-electron chi connectivity index (χ2n) is 9.08. The molecule has 1 aromatic rings. The lowest BCUT2D eigenvalue weighted by Crippen LogP contribution is -2.27. The van der Waals surface area contributed by atoms with Crippen molar-refractivity contribution in [3.8, 4) is 0 Å². The highest BCUT2D eigenvalue weighted by Crippen LogP contribution is 2.21. The number of nitrogens with two attached hydrogens (primary N) is 1. The van der Waals surface area contributed by atoms with E-state index in [2.05, 4.69) is 25.6 Å². The molecule has 0 aromatic carbocycles. The lowest BCUT2D eigenvalue weighted by Gasteiger charge is -2.19. The van der Waals surface area contributed by atoms with E-state index in [0.29, 0.717) is 29.0 Å². The van der Waals surface area contributed by atoms with E-state index in [0.717, 1.165) is 17.6 Å². The maximum absolute atomic E-state index is 12.5. The zero-order valence-corrected chi connectivity index (χ0v) is 24.9. The summed E-state index contributed by atoms with van der Waals surface area (Å²) in [6.45, 7) is 18.9. The average molecular weight is 527 g/mol. The topological polar surface area (TPSA) is 132 Å². The van der Waals surface area contributed by atoms with Crippen LogP contribution in [0, 0.1) is 0 Å². The van der Waals surface area contributed by atoms with E-state index in [1.54, 1.807) is 40.1 Å². The Balaban J connectivity index is 0.00000667. The van der Waals surface area contributed by atoms with E-state index < -0.39 is 11.7 Å². The number of Topliss-reactive ketones (excluding diaryl/α,β-unsaturated/α-hetero) is 1. The zero-order chi connectivity index (χ0) is 29.5. The van der Waals surface area contributed by atoms with E-state index in [1.807, 2.05) is 60.6 Å². The first kappa shape index (κ1) is 34.2. The van der Waals surface area contributed by atoms with Crippen LogP contribution in [0.15, 0.2) is 58.2 Å². The standard InChI is InChI=1S/C27H40N6O3.C2H6/c1-10-17(4)19(23(34)12-3)13-18(5)21(11-2)32-25(28)20(15-29-9)22-14-24(31-16-30-22)33-26(35)36-27(6,7)8;1-2/h11,13-16,29H,10,12H2,1-9H3,(H2,28,32)(H,30,31,33,35);1-2H3/b18-13-,19-17-,20-15-,21-11+;. The lowest BCUT2D eigenvalue weighted by atomic mass is 9.98. The van der Waals surface area contributed by atoms with Crippen molar-refractivity contribution in [3.05, 3.63) is 58.9 Å². The number of ether oxygens (including phenoxy) is 1. The first-order chi connectivity index (χ1) is 17.9. The molecule has 0 fully saturated rings. The minimum Gasteiger partial charge on any atom is -0.444 e. The molecule has 0 atom stereocenters. The average Bonchev–Trinajstić information content (AvgIpc) is 2.87. The van der Waals surface area contributed by atoms with Gasteiger partial charge >= 0.3 is 6.09 Å². The number of aromatic nitrogens is 2. The van der Waals surface area contributed by atoms with Crippen LogP contribution in [0.4, 0.5) is 10.6 Å². The van der Waals surface area contributed by atoms with Gasteiger partial charge in [0.15, 0.2) is 5.78 Å². The van der Waals surface area contributed by atoms with Gasteiger partial charge in [0.2, 0.25) is 0 Å². The Morgan fingerprint density at radius 2 is 1.76 bits per heavy atom. The number of aliphatic imine (C=N–C) groups is 1. The molecule has 1 aromatic heterocycles. The van der Waals surface area contributed by atoms with E-state index >= 15 is 0 Å². The fraction of sp³-hybridized carbons (Fsp3) is 0.483. The third-order valence-corrected chi connectivity index (χ3v) is 5.03. The summed E-state index contributed by atoms with van der Waals surface area (Å²) >= 11 is 0. The van der Waals surface area contributed by atoms with Crippen molar-refractivity contribution in [1.29, 1.82) is 0 Å². The Bertz CT molecular complexity index is 1110. The number of nitrogens with one attached hydrogen (secondary N) is 2. The molecule has 0 radical (unpaired) electrons. The third kappa shape index (κ3) is 11.5. The van der Waals surface area contributed by atoms with Crippen LogP contribution in [0.3, 0.4) is 0 Å². The molecular formula is C29H46N6O3. The number of amides is 1. The summed E-state index contributed by atoms with van der Waals surface area (Å²) in [6.07, 6.45) is 7.27. The molecule has 0 aliphatic carbocycles. The molecule has 0 bridgehead atoms. The van der Waals surface area contributed by atoms with Gasteiger partial charge in [0.05, 0.1) is 17.0 Å². The van der Waals surface area contributed by atoms with E-state index in [1.165, 1.54) is 6.33 Å². The molecule has 0 spiro atoms. The number of anilines is 1. The molecule has 38 heavy (non-hydrogen) atoms. The first-order valence-electron chi connectivity index (χ1n) is 13.0. The molecule has 1 amide bonds. The smallest absolute Gasteiger partial charge is 0.413 e. The van der Waals surface area contributed by atoms with Crippen LogP contribution in [0.5, 0.6) is 0 Å². The molecule has 0 unspecified atom stereocenters. The van der Waals surface area contributed by atoms with Gasteiger partial charge in [-0.15, -0.1) is 0 Å². The summed E-state index contributed by atoms with van der Waals surface area (Å²) in [5.41, 5.74) is 9.88. The molecule has 0 saturated carbocycles. The van der Waals surface area contributed by atoms with Gasteiger partial charge in [-0.1, -0.05) is 39.3 Å². The summed E-state index contributed by atoms with van der Waals surface area (Å²) in [5, 5.41) is 5.56. The fourth-order valence-corrected chi connectivity index (χ4v) is 3.09. The van der Waals surface area contributed by atoms with Crippen molar-refractivity contribution >= 4 is 29.1 Å². The van der Waals surface area contributed by atoms with Gasteiger partial charge in [0, 0.05) is 31.3 Å². The SMILES string of the molecule is C/C=C(/N=C(N)\C(=C/NC)c1cc(NC(=O)OC(C)(C)C)ncn1)C(\C)=C/C(C(=O)CC)=C(\C)CC.CC. The van der Waals surface area contributed by atoms with Crippen LogP contribution in [0.2, 0.25) is 0 Å². The van der Waals surface area contributed by atoms with Gasteiger partial charge in [0.1, 0.15) is 23.6 Å². The predicted octanol–water partition coefficient (Wildman–Crippen LogP) is 6.32. The summed E-state index contributed by atoms with van der Waals surface area (Å²) in [7, 11) is 1.73. The maximum atomic E-state index is 12.5. The number of hydrogen-bond acceptors (Lipinski definition) is 7. The molecule has 1 rings (SSSR count). The summed E-state index contributed by atoms with van der Waals surface area (Å²) < 4.78 is 5.28. The minimum atomic E-state index is -0.644. The number of carbonyl (C=O) groups is 2. The third-order valence-electron chi connectivity index (χ3n) is 5.03. The predicted molar refractivity (Wildman–Crippen MR) is 158 cm³/mol. The molecule has 210 valence electrons. The highest BCUT2D eigenvalue weighted by molar-refractivity contribution is 6.21. The van der Waals surface area contributed by atoms with Gasteiger partial charge in [-0.2, -0.15) is 0 Å². The molecule has 0 aliphatic heterocycles. The Labute approximate surface area is 228 Å². The lowest BCUT2D eigenvalue weighted by molar-refractivity contribution is -0.115. The summed E-state index contributed by atoms with van der Waals surface area (Å²) in [4.78, 5) is 37.6. The van der Waals surface area contributed by atoms with E-state index in [4.69, 9.17) is 10.5 Å². The zero-order valence-electron chi connectivity index (χ0n) is 24.9. The highest BCUT2D eigenvalue weighted by atomic mass is 16.6. The molecular weight excluding hydrogens is 480 g/mol. The Kier molecular flexibility index (Phi) is 15.2. The second kappa shape index (κ2) is 16.9. The maximum Gasteiger partial charge on any atom is 0.413 e. The second-order valence-corrected chi connectivity index (χ2v) is 9.08. The van der Waals surface area contributed by atoms with Crippen molar-refractivity contribution in [3.63, 3.8) is 0 Å². The van der Waals surface area contributed by atoms with Crippen LogP contribution in [-0.4, -0.2) is 40.3 Å². The van der Waals surface area contributed by atoms with Gasteiger partial charge in [0.25, 0.3) is 0 Å². The van der Waals surface area contributed by atoms with Crippen molar-refractivity contribution in [2.75, 3.05) is 12.4 Å². The van der Waals surface area contributed by atoms with Crippen molar-refractivity contribution in [2.24, 2.45) is 10.7 Å². The van der Waals surface area contributed by atoms with Crippen LogP contribution < -0.4 is 16.4 Å². The minimum absolute atomic E-state index is 0.0860. The van der Waals surface area contributed by atoms with Crippen molar-refractivity contribution in [2.45, 2.75) is 87.7 Å². The van der Waals surface area contributed by atoms with Gasteiger partial charge in [-0.25, -0.2) is 19.8 Å². The number of nitrogens with zero attached hydrogens (tertiary/aromatic N) is 3. The van der Waals surface area contributed by atoms with Crippen molar-refractivity contribution in [1.82, 2.24) is 15.3 Å². The summed E-state index contributed by atoms with van der Waals surface area (Å²) in [6, 6.07) is 1.58. The molecule has 1 heterocycles. The Morgan fingerprint density at radius 1 is 1.13 bits per heavy atom. The van der Waals surface area contributed by atoms with Crippen LogP contribution >= 0.6 is 0 Å². The monoisotopic (exact) mass is 526 g/mol. The number of allylic oxidation sites excluding steroid dienone is 5. The number of rotatable bonds is 10. The number of amidine groups is 1. The largest absolute Gasteiger partial charge is 0.444 e. The number of hydrogen-bond donors (Lipinski definition) is 3. The summed E-state index contributed by atoms with van der Waals surface area (Å²) in [5.74, 6) is 0.545.